The van der Waals surface area contributed by atoms with Crippen molar-refractivity contribution < 1.29 is 14.1 Å². The van der Waals surface area contributed by atoms with Gasteiger partial charge in [-0.05, 0) is 66.7 Å². The fourth-order valence-corrected chi connectivity index (χ4v) is 3.62. The third kappa shape index (κ3) is 5.28. The minimum absolute atomic E-state index is 0.0582. The van der Waals surface area contributed by atoms with Crippen molar-refractivity contribution in [2.45, 2.75) is 6.92 Å². The van der Waals surface area contributed by atoms with E-state index in [2.05, 4.69) is 15.6 Å². The molecule has 0 aliphatic rings. The molecule has 3 aromatic carbocycles. The number of hydrogen-bond acceptors (Lipinski definition) is 6. The Hall–Kier alpha value is -4.08. The van der Waals surface area contributed by atoms with Crippen molar-refractivity contribution in [1.29, 1.82) is 0 Å². The Morgan fingerprint density at radius 3 is 2.76 bits per heavy atom. The van der Waals surface area contributed by atoms with Crippen LogP contribution in [0.1, 0.15) is 11.1 Å². The molecule has 4 aromatic rings. The van der Waals surface area contributed by atoms with Crippen LogP contribution in [0.25, 0.3) is 28.6 Å². The van der Waals surface area contributed by atoms with Crippen molar-refractivity contribution in [3.63, 3.8) is 0 Å². The van der Waals surface area contributed by atoms with Crippen LogP contribution in [0, 0.1) is 17.0 Å². The quantitative estimate of drug-likeness (QED) is 0.154. The molecule has 4 rings (SSSR count). The van der Waals surface area contributed by atoms with Crippen molar-refractivity contribution in [2.75, 3.05) is 5.32 Å². The van der Waals surface area contributed by atoms with E-state index < -0.39 is 10.8 Å². The molecule has 0 bridgehead atoms. The number of carbonyl (C=O) groups is 1. The number of thiocarbonyl (C=S) groups is 1. The number of halogens is 1. The molecule has 1 heterocycles. The highest BCUT2D eigenvalue weighted by atomic mass is 35.5. The second kappa shape index (κ2) is 9.82. The Morgan fingerprint density at radius 2 is 1.97 bits per heavy atom. The smallest absolute Gasteiger partial charge is 0.270 e. The van der Waals surface area contributed by atoms with Gasteiger partial charge in [-0.1, -0.05) is 29.8 Å². The van der Waals surface area contributed by atoms with Crippen molar-refractivity contribution >= 4 is 63.4 Å². The number of fused-ring (bicyclic) bond motifs is 1. The number of nitrogens with one attached hydrogen (secondary N) is 2. The maximum absolute atomic E-state index is 12.2. The van der Waals surface area contributed by atoms with Gasteiger partial charge in [-0.3, -0.25) is 20.2 Å². The highest BCUT2D eigenvalue weighted by Gasteiger charge is 2.14. The molecule has 34 heavy (non-hydrogen) atoms. The number of anilines is 1. The van der Waals surface area contributed by atoms with E-state index in [4.69, 9.17) is 28.2 Å². The fraction of sp³-hybridized carbons (Fsp3) is 0.0417. The summed E-state index contributed by atoms with van der Waals surface area (Å²) in [6.07, 6.45) is 2.72. The van der Waals surface area contributed by atoms with Crippen LogP contribution in [0.2, 0.25) is 5.02 Å². The van der Waals surface area contributed by atoms with Crippen LogP contribution >= 0.6 is 23.8 Å². The van der Waals surface area contributed by atoms with Gasteiger partial charge in [0, 0.05) is 34.5 Å². The van der Waals surface area contributed by atoms with Crippen LogP contribution in [0.4, 0.5) is 11.4 Å². The van der Waals surface area contributed by atoms with Gasteiger partial charge in [-0.25, -0.2) is 4.98 Å². The maximum atomic E-state index is 12.2. The second-order valence-electron chi connectivity index (χ2n) is 7.24. The molecule has 0 saturated heterocycles. The number of oxazole rings is 1. The normalized spacial score (nSPS) is 11.0. The van der Waals surface area contributed by atoms with Gasteiger partial charge >= 0.3 is 0 Å². The largest absolute Gasteiger partial charge is 0.436 e. The third-order valence-electron chi connectivity index (χ3n) is 4.91. The molecule has 0 atom stereocenters. The monoisotopic (exact) mass is 492 g/mol. The van der Waals surface area contributed by atoms with Gasteiger partial charge in [0.15, 0.2) is 10.7 Å². The molecule has 10 heteroatoms. The van der Waals surface area contributed by atoms with E-state index >= 15 is 0 Å². The molecular weight excluding hydrogens is 476 g/mol. The molecule has 2 N–H and O–H groups in total. The van der Waals surface area contributed by atoms with Crippen LogP contribution in [-0.2, 0) is 4.79 Å². The lowest BCUT2D eigenvalue weighted by Crippen LogP contribution is -2.33. The summed E-state index contributed by atoms with van der Waals surface area (Å²) in [5.74, 6) is -0.0399. The van der Waals surface area contributed by atoms with E-state index in [0.29, 0.717) is 33.3 Å². The highest BCUT2D eigenvalue weighted by Crippen LogP contribution is 2.31. The predicted molar refractivity (Wildman–Crippen MR) is 136 cm³/mol. The van der Waals surface area contributed by atoms with Gasteiger partial charge in [-0.15, -0.1) is 0 Å². The lowest BCUT2D eigenvalue weighted by atomic mass is 10.1. The van der Waals surface area contributed by atoms with Gasteiger partial charge in [0.05, 0.1) is 4.92 Å². The number of nitro groups is 1. The number of hydrogen-bond donors (Lipinski definition) is 2. The van der Waals surface area contributed by atoms with Gasteiger partial charge < -0.3 is 9.73 Å². The molecule has 170 valence electrons. The summed E-state index contributed by atoms with van der Waals surface area (Å²) in [6.45, 7) is 1.88. The first kappa shape index (κ1) is 23.1. The van der Waals surface area contributed by atoms with E-state index in [-0.39, 0.29) is 10.8 Å². The maximum Gasteiger partial charge on any atom is 0.270 e. The molecular formula is C24H17ClN4O4S. The third-order valence-corrected chi connectivity index (χ3v) is 5.35. The zero-order valence-corrected chi connectivity index (χ0v) is 19.3. The molecule has 0 aliphatic carbocycles. The average Bonchev–Trinajstić information content (AvgIpc) is 3.22. The van der Waals surface area contributed by atoms with Gasteiger partial charge in [0.25, 0.3) is 5.69 Å². The minimum atomic E-state index is -0.497. The molecule has 0 unspecified atom stereocenters. The number of nitro benzene ring substituents is 1. The first-order valence-electron chi connectivity index (χ1n) is 10.0. The van der Waals surface area contributed by atoms with Crippen molar-refractivity contribution in [3.8, 4) is 11.5 Å². The molecule has 0 aliphatic heterocycles. The molecule has 0 saturated carbocycles. The standard InChI is InChI=1S/C24H17ClN4O4S/c1-14-18(23-26-20-13-16(25)9-10-21(20)33-23)6-3-7-19(14)27-24(34)28-22(30)11-8-15-4-2-5-17(12-15)29(31)32/h2-13H,1H3,(H2,27,28,30,34)/b11-8-. The van der Waals surface area contributed by atoms with E-state index in [1.165, 1.54) is 24.3 Å². The Kier molecular flexibility index (Phi) is 6.67. The summed E-state index contributed by atoms with van der Waals surface area (Å²) in [4.78, 5) is 27.1. The van der Waals surface area contributed by atoms with Crippen molar-refractivity contribution in [3.05, 3.63) is 93.0 Å². The molecule has 1 amide bonds. The summed E-state index contributed by atoms with van der Waals surface area (Å²) in [7, 11) is 0. The molecule has 0 radical (unpaired) electrons. The van der Waals surface area contributed by atoms with Crippen LogP contribution in [0.5, 0.6) is 0 Å². The van der Waals surface area contributed by atoms with E-state index in [0.717, 1.165) is 11.1 Å². The Labute approximate surface area is 204 Å². The summed E-state index contributed by atoms with van der Waals surface area (Å²) in [5.41, 5.74) is 3.99. The van der Waals surface area contributed by atoms with Crippen LogP contribution < -0.4 is 10.6 Å². The number of nitrogens with zero attached hydrogens (tertiary/aromatic N) is 2. The first-order valence-corrected chi connectivity index (χ1v) is 10.8. The Morgan fingerprint density at radius 1 is 1.18 bits per heavy atom. The summed E-state index contributed by atoms with van der Waals surface area (Å²) in [6, 6.07) is 16.7. The van der Waals surface area contributed by atoms with Crippen molar-refractivity contribution in [2.24, 2.45) is 0 Å². The summed E-state index contributed by atoms with van der Waals surface area (Å²) < 4.78 is 5.86. The fourth-order valence-electron chi connectivity index (χ4n) is 3.24. The predicted octanol–water partition coefficient (Wildman–Crippen LogP) is 5.89. The van der Waals surface area contributed by atoms with Crippen LogP contribution in [-0.4, -0.2) is 20.9 Å². The number of amides is 1. The summed E-state index contributed by atoms with van der Waals surface area (Å²) >= 11 is 11.3. The molecule has 0 fully saturated rings. The first-order chi connectivity index (χ1) is 16.3. The molecule has 0 spiro atoms. The topological polar surface area (TPSA) is 110 Å². The highest BCUT2D eigenvalue weighted by molar-refractivity contribution is 7.80. The Balaban J connectivity index is 1.45. The van der Waals surface area contributed by atoms with Crippen molar-refractivity contribution in [1.82, 2.24) is 10.3 Å². The van der Waals surface area contributed by atoms with Gasteiger partial charge in [-0.2, -0.15) is 0 Å². The number of rotatable bonds is 5. The lowest BCUT2D eigenvalue weighted by molar-refractivity contribution is -0.384. The van der Waals surface area contributed by atoms with E-state index in [1.54, 1.807) is 30.3 Å². The van der Waals surface area contributed by atoms with Gasteiger partial charge in [0.1, 0.15) is 5.52 Å². The lowest BCUT2D eigenvalue weighted by Gasteiger charge is -2.12. The number of non-ortho nitro benzene ring substituents is 1. The van der Waals surface area contributed by atoms with E-state index in [1.807, 2.05) is 25.1 Å². The summed E-state index contributed by atoms with van der Waals surface area (Å²) in [5, 5.41) is 17.1. The number of aromatic nitrogens is 1. The Bertz CT molecular complexity index is 1460. The van der Waals surface area contributed by atoms with Crippen LogP contribution in [0.3, 0.4) is 0 Å². The van der Waals surface area contributed by atoms with Crippen LogP contribution in [0.15, 0.2) is 71.2 Å². The second-order valence-corrected chi connectivity index (χ2v) is 8.08. The SMILES string of the molecule is Cc1c(NC(=S)NC(=O)/C=C\c2cccc([N+](=O)[O-])c2)cccc1-c1nc2cc(Cl)ccc2o1. The molecule has 1 aromatic heterocycles. The average molecular weight is 493 g/mol. The van der Waals surface area contributed by atoms with E-state index in [9.17, 15) is 14.9 Å². The van der Waals surface area contributed by atoms with Gasteiger partial charge in [0.2, 0.25) is 11.8 Å². The molecule has 8 nitrogen and oxygen atoms in total. The minimum Gasteiger partial charge on any atom is -0.436 e. The number of carbonyl (C=O) groups excluding carboxylic acids is 1. The zero-order valence-electron chi connectivity index (χ0n) is 17.7. The zero-order chi connectivity index (χ0) is 24.2. The number of benzene rings is 3.